The Morgan fingerprint density at radius 1 is 1.15 bits per heavy atom. The molecule has 34 heavy (non-hydrogen) atoms. The van der Waals surface area contributed by atoms with E-state index in [1.165, 1.54) is 0 Å². The van der Waals surface area contributed by atoms with Crippen LogP contribution in [0.3, 0.4) is 0 Å². The second kappa shape index (κ2) is 11.2. The summed E-state index contributed by atoms with van der Waals surface area (Å²) in [6, 6.07) is 7.67. The largest absolute Gasteiger partial charge is 0.370 e. The SMILES string of the molecule is CN(C(=O)C1CCCCN1C(=O)[C@@H](Cc1ccccc1)NS(C)(=O)=O)C1CCN(C(=N)N)CC1. The molecule has 1 aromatic rings. The van der Waals surface area contributed by atoms with Gasteiger partial charge in [-0.25, -0.2) is 13.1 Å². The third kappa shape index (κ3) is 6.69. The number of hydrogen-bond donors (Lipinski definition) is 3. The highest BCUT2D eigenvalue weighted by molar-refractivity contribution is 7.88. The van der Waals surface area contributed by atoms with Gasteiger partial charge in [-0.3, -0.25) is 15.0 Å². The fourth-order valence-corrected chi connectivity index (χ4v) is 5.55. The Kier molecular flexibility index (Phi) is 8.53. The van der Waals surface area contributed by atoms with Crippen LogP contribution >= 0.6 is 0 Å². The van der Waals surface area contributed by atoms with E-state index in [1.54, 1.807) is 21.7 Å². The lowest BCUT2D eigenvalue weighted by atomic mass is 9.96. The molecule has 2 amide bonds. The standard InChI is InChI=1S/C23H36N6O4S/c1-27(18-11-14-28(15-12-18)23(24)25)22(31)20-10-6-7-13-29(20)21(30)19(26-34(2,32)33)16-17-8-4-3-5-9-17/h3-5,8-9,18-20,26H,6-7,10-16H2,1-2H3,(H3,24,25)/t19-,20?/m1/s1. The van der Waals surface area contributed by atoms with E-state index in [9.17, 15) is 18.0 Å². The molecule has 10 nitrogen and oxygen atoms in total. The minimum atomic E-state index is -3.64. The number of sulfonamides is 1. The Morgan fingerprint density at radius 3 is 2.38 bits per heavy atom. The van der Waals surface area contributed by atoms with Crippen molar-refractivity contribution in [3.05, 3.63) is 35.9 Å². The molecule has 0 aliphatic carbocycles. The quantitative estimate of drug-likeness (QED) is 0.371. The molecule has 2 aliphatic heterocycles. The minimum Gasteiger partial charge on any atom is -0.370 e. The lowest BCUT2D eigenvalue weighted by Gasteiger charge is -2.42. The highest BCUT2D eigenvalue weighted by Gasteiger charge is 2.39. The van der Waals surface area contributed by atoms with Gasteiger partial charge in [0.1, 0.15) is 12.1 Å². The molecule has 2 aliphatic rings. The van der Waals surface area contributed by atoms with Crippen LogP contribution in [0.2, 0.25) is 0 Å². The number of likely N-dealkylation sites (N-methyl/N-ethyl adjacent to an activating group) is 1. The molecule has 2 fully saturated rings. The number of rotatable bonds is 7. The van der Waals surface area contributed by atoms with Gasteiger partial charge in [0, 0.05) is 32.7 Å². The van der Waals surface area contributed by atoms with Gasteiger partial charge in [-0.2, -0.15) is 0 Å². The Bertz CT molecular complexity index is 978. The second-order valence-corrected chi connectivity index (χ2v) is 11.0. The zero-order valence-corrected chi connectivity index (χ0v) is 20.8. The van der Waals surface area contributed by atoms with Crippen molar-refractivity contribution in [3.8, 4) is 0 Å². The molecule has 0 radical (unpaired) electrons. The lowest BCUT2D eigenvalue weighted by molar-refractivity contribution is -0.149. The summed E-state index contributed by atoms with van der Waals surface area (Å²) < 4.78 is 26.6. The first-order valence-electron chi connectivity index (χ1n) is 11.7. The summed E-state index contributed by atoms with van der Waals surface area (Å²) in [4.78, 5) is 32.2. The van der Waals surface area contributed by atoms with Crippen molar-refractivity contribution in [2.24, 2.45) is 5.73 Å². The third-order valence-corrected chi connectivity index (χ3v) is 7.42. The molecule has 11 heteroatoms. The molecule has 0 bridgehead atoms. The normalized spacial score (nSPS) is 20.6. The highest BCUT2D eigenvalue weighted by Crippen LogP contribution is 2.24. The van der Waals surface area contributed by atoms with Gasteiger partial charge in [0.25, 0.3) is 0 Å². The zero-order chi connectivity index (χ0) is 24.9. The van der Waals surface area contributed by atoms with E-state index in [0.717, 1.165) is 24.7 Å². The number of nitrogens with zero attached hydrogens (tertiary/aromatic N) is 3. The van der Waals surface area contributed by atoms with Gasteiger partial charge in [-0.15, -0.1) is 0 Å². The maximum absolute atomic E-state index is 13.6. The van der Waals surface area contributed by atoms with Gasteiger partial charge in [0.15, 0.2) is 5.96 Å². The van der Waals surface area contributed by atoms with Crippen LogP contribution < -0.4 is 10.5 Å². The van der Waals surface area contributed by atoms with Crippen LogP contribution in [-0.2, 0) is 26.0 Å². The number of nitrogens with one attached hydrogen (secondary N) is 2. The Labute approximate surface area is 202 Å². The summed E-state index contributed by atoms with van der Waals surface area (Å²) in [7, 11) is -1.87. The first-order chi connectivity index (χ1) is 16.1. The molecule has 0 aromatic heterocycles. The number of nitrogens with two attached hydrogens (primary N) is 1. The number of piperidine rings is 2. The maximum atomic E-state index is 13.6. The average molecular weight is 493 g/mol. The number of guanidine groups is 1. The summed E-state index contributed by atoms with van der Waals surface area (Å²) in [6.07, 6.45) is 4.82. The molecule has 1 aromatic carbocycles. The molecule has 1 unspecified atom stereocenters. The van der Waals surface area contributed by atoms with Crippen molar-refractivity contribution in [1.82, 2.24) is 19.4 Å². The van der Waals surface area contributed by atoms with Crippen molar-refractivity contribution in [3.63, 3.8) is 0 Å². The Morgan fingerprint density at radius 2 is 1.79 bits per heavy atom. The van der Waals surface area contributed by atoms with Gasteiger partial charge in [0.2, 0.25) is 21.8 Å². The van der Waals surface area contributed by atoms with E-state index in [-0.39, 0.29) is 30.2 Å². The molecule has 2 saturated heterocycles. The number of carbonyl (C=O) groups excluding carboxylic acids is 2. The van der Waals surface area contributed by atoms with Crippen LogP contribution in [0, 0.1) is 5.41 Å². The van der Waals surface area contributed by atoms with Gasteiger partial charge in [-0.1, -0.05) is 30.3 Å². The molecule has 0 saturated carbocycles. The van der Waals surface area contributed by atoms with Crippen LogP contribution in [0.15, 0.2) is 30.3 Å². The lowest BCUT2D eigenvalue weighted by Crippen LogP contribution is -2.59. The summed E-state index contributed by atoms with van der Waals surface area (Å²) in [5, 5.41) is 7.59. The summed E-state index contributed by atoms with van der Waals surface area (Å²) in [5.74, 6) is -0.446. The van der Waals surface area contributed by atoms with E-state index >= 15 is 0 Å². The maximum Gasteiger partial charge on any atom is 0.245 e. The van der Waals surface area contributed by atoms with Crippen molar-refractivity contribution in [1.29, 1.82) is 5.41 Å². The monoisotopic (exact) mass is 492 g/mol. The Hall–Kier alpha value is -2.66. The zero-order valence-electron chi connectivity index (χ0n) is 19.9. The van der Waals surface area contributed by atoms with Crippen LogP contribution in [0.25, 0.3) is 0 Å². The van der Waals surface area contributed by atoms with Crippen molar-refractivity contribution in [2.75, 3.05) is 32.9 Å². The van der Waals surface area contributed by atoms with Crippen molar-refractivity contribution >= 4 is 27.8 Å². The molecule has 0 spiro atoms. The number of benzene rings is 1. The fourth-order valence-electron chi connectivity index (χ4n) is 4.85. The minimum absolute atomic E-state index is 0.0104. The summed E-state index contributed by atoms with van der Waals surface area (Å²) >= 11 is 0. The third-order valence-electron chi connectivity index (χ3n) is 6.71. The molecular weight excluding hydrogens is 456 g/mol. The predicted molar refractivity (Wildman–Crippen MR) is 131 cm³/mol. The molecule has 2 heterocycles. The van der Waals surface area contributed by atoms with Gasteiger partial charge in [-0.05, 0) is 44.1 Å². The molecule has 3 rings (SSSR count). The first-order valence-corrected chi connectivity index (χ1v) is 13.6. The van der Waals surface area contributed by atoms with Crippen molar-refractivity contribution in [2.45, 2.75) is 56.7 Å². The van der Waals surface area contributed by atoms with Gasteiger partial charge < -0.3 is 20.4 Å². The Balaban J connectivity index is 1.75. The van der Waals surface area contributed by atoms with E-state index in [2.05, 4.69) is 4.72 Å². The molecule has 4 N–H and O–H groups in total. The fraction of sp³-hybridized carbons (Fsp3) is 0.609. The molecule has 188 valence electrons. The highest BCUT2D eigenvalue weighted by atomic mass is 32.2. The number of amides is 2. The molecule has 2 atom stereocenters. The van der Waals surface area contributed by atoms with Crippen LogP contribution in [0.5, 0.6) is 0 Å². The number of hydrogen-bond acceptors (Lipinski definition) is 5. The summed E-state index contributed by atoms with van der Waals surface area (Å²) in [6.45, 7) is 1.65. The van der Waals surface area contributed by atoms with Crippen LogP contribution in [0.1, 0.15) is 37.7 Å². The van der Waals surface area contributed by atoms with Crippen molar-refractivity contribution < 1.29 is 18.0 Å². The summed E-state index contributed by atoms with van der Waals surface area (Å²) in [5.41, 5.74) is 6.42. The second-order valence-electron chi connectivity index (χ2n) is 9.23. The van der Waals surface area contributed by atoms with Gasteiger partial charge in [0.05, 0.1) is 6.26 Å². The number of carbonyl (C=O) groups is 2. The number of likely N-dealkylation sites (tertiary alicyclic amines) is 2. The van der Waals surface area contributed by atoms with E-state index in [0.29, 0.717) is 38.9 Å². The van der Waals surface area contributed by atoms with E-state index in [4.69, 9.17) is 11.1 Å². The predicted octanol–water partition coefficient (Wildman–Crippen LogP) is 0.344. The van der Waals surface area contributed by atoms with E-state index in [1.807, 2.05) is 30.3 Å². The average Bonchev–Trinajstić information content (AvgIpc) is 2.82. The molecular formula is C23H36N6O4S. The van der Waals surface area contributed by atoms with Crippen LogP contribution in [-0.4, -0.2) is 92.0 Å². The smallest absolute Gasteiger partial charge is 0.245 e. The topological polar surface area (TPSA) is 140 Å². The van der Waals surface area contributed by atoms with Gasteiger partial charge >= 0.3 is 0 Å². The van der Waals surface area contributed by atoms with Crippen LogP contribution in [0.4, 0.5) is 0 Å². The van der Waals surface area contributed by atoms with E-state index < -0.39 is 22.1 Å². The first kappa shape index (κ1) is 26.0.